The second-order valence-electron chi connectivity index (χ2n) is 3.69. The fraction of sp³-hybridized carbons (Fsp3) is 0.727. The van der Waals surface area contributed by atoms with Gasteiger partial charge >= 0.3 is 0 Å². The smallest absolute Gasteiger partial charge is 0.0965 e. The van der Waals surface area contributed by atoms with E-state index in [1.807, 2.05) is 11.6 Å². The molecule has 0 aliphatic rings. The molecule has 1 heterocycles. The van der Waals surface area contributed by atoms with Crippen LogP contribution in [0.5, 0.6) is 0 Å². The van der Waals surface area contributed by atoms with E-state index in [0.29, 0.717) is 12.0 Å². The number of hydrogen-bond donors (Lipinski definition) is 1. The molecule has 0 bridgehead atoms. The van der Waals surface area contributed by atoms with Crippen LogP contribution in [0.25, 0.3) is 0 Å². The van der Waals surface area contributed by atoms with Gasteiger partial charge < -0.3 is 5.32 Å². The molecular weight excluding hydrogens is 192 g/mol. The molecule has 0 aliphatic carbocycles. The van der Waals surface area contributed by atoms with Crippen molar-refractivity contribution >= 4 is 11.3 Å². The molecule has 0 saturated carbocycles. The maximum atomic E-state index is 4.32. The molecule has 1 rings (SSSR count). The Labute approximate surface area is 90.8 Å². The number of nitrogens with one attached hydrogen (secondary N) is 1. The van der Waals surface area contributed by atoms with Gasteiger partial charge in [0.15, 0.2) is 0 Å². The van der Waals surface area contributed by atoms with Crippen molar-refractivity contribution in [3.8, 4) is 0 Å². The summed E-state index contributed by atoms with van der Waals surface area (Å²) in [5, 5.41) is 6.86. The maximum absolute atomic E-state index is 4.32. The highest BCUT2D eigenvalue weighted by Crippen LogP contribution is 2.16. The standard InChI is InChI=1S/C11H20N2S/c1-4-10(5-2)13-8-9(3)11-12-6-7-14-11/h6-7,9-10,13H,4-5,8H2,1-3H3. The Hall–Kier alpha value is -0.410. The number of thiazole rings is 1. The lowest BCUT2D eigenvalue weighted by Crippen LogP contribution is -2.30. The van der Waals surface area contributed by atoms with Gasteiger partial charge in [-0.15, -0.1) is 11.3 Å². The van der Waals surface area contributed by atoms with Crippen LogP contribution < -0.4 is 5.32 Å². The molecule has 1 N–H and O–H groups in total. The van der Waals surface area contributed by atoms with Crippen LogP contribution in [0.3, 0.4) is 0 Å². The predicted octanol–water partition coefficient (Wildman–Crippen LogP) is 3.02. The summed E-state index contributed by atoms with van der Waals surface area (Å²) in [5.74, 6) is 0.538. The quantitative estimate of drug-likeness (QED) is 0.784. The van der Waals surface area contributed by atoms with Crippen molar-refractivity contribution in [2.45, 2.75) is 45.6 Å². The van der Waals surface area contributed by atoms with Crippen molar-refractivity contribution in [2.24, 2.45) is 0 Å². The SMILES string of the molecule is CCC(CC)NCC(C)c1nccs1. The van der Waals surface area contributed by atoms with Gasteiger partial charge in [0.25, 0.3) is 0 Å². The van der Waals surface area contributed by atoms with E-state index in [2.05, 4.69) is 31.1 Å². The zero-order valence-corrected chi connectivity index (χ0v) is 10.1. The van der Waals surface area contributed by atoms with Gasteiger partial charge in [-0.3, -0.25) is 0 Å². The van der Waals surface area contributed by atoms with Crippen molar-refractivity contribution in [1.82, 2.24) is 10.3 Å². The highest BCUT2D eigenvalue weighted by molar-refractivity contribution is 7.09. The summed E-state index contributed by atoms with van der Waals surface area (Å²) in [6.07, 6.45) is 4.30. The molecule has 1 aromatic rings. The summed E-state index contributed by atoms with van der Waals surface area (Å²) in [5.41, 5.74) is 0. The van der Waals surface area contributed by atoms with E-state index in [-0.39, 0.29) is 0 Å². The second kappa shape index (κ2) is 6.14. The molecule has 0 spiro atoms. The fourth-order valence-corrected chi connectivity index (χ4v) is 2.18. The van der Waals surface area contributed by atoms with E-state index in [9.17, 15) is 0 Å². The van der Waals surface area contributed by atoms with Crippen LogP contribution in [0.2, 0.25) is 0 Å². The van der Waals surface area contributed by atoms with Crippen LogP contribution in [0.4, 0.5) is 0 Å². The monoisotopic (exact) mass is 212 g/mol. The molecule has 0 aliphatic heterocycles. The number of hydrogen-bond acceptors (Lipinski definition) is 3. The van der Waals surface area contributed by atoms with Crippen LogP contribution in [0.1, 0.15) is 44.5 Å². The fourth-order valence-electron chi connectivity index (χ4n) is 1.49. The Morgan fingerprint density at radius 1 is 1.43 bits per heavy atom. The lowest BCUT2D eigenvalue weighted by molar-refractivity contribution is 0.466. The molecule has 0 amide bonds. The molecule has 0 fully saturated rings. The maximum Gasteiger partial charge on any atom is 0.0965 e. The topological polar surface area (TPSA) is 24.9 Å². The minimum atomic E-state index is 0.538. The van der Waals surface area contributed by atoms with Crippen LogP contribution in [-0.2, 0) is 0 Å². The third-order valence-electron chi connectivity index (χ3n) is 2.57. The van der Waals surface area contributed by atoms with E-state index in [1.54, 1.807) is 11.3 Å². The Bertz CT molecular complexity index is 229. The van der Waals surface area contributed by atoms with Crippen LogP contribution in [-0.4, -0.2) is 17.6 Å². The largest absolute Gasteiger partial charge is 0.313 e. The first-order chi connectivity index (χ1) is 6.77. The lowest BCUT2D eigenvalue weighted by atomic mass is 10.1. The third kappa shape index (κ3) is 3.39. The van der Waals surface area contributed by atoms with Gasteiger partial charge in [-0.1, -0.05) is 20.8 Å². The Morgan fingerprint density at radius 2 is 2.14 bits per heavy atom. The average Bonchev–Trinajstić information content (AvgIpc) is 2.72. The first-order valence-electron chi connectivity index (χ1n) is 5.40. The van der Waals surface area contributed by atoms with Gasteiger partial charge in [-0.05, 0) is 12.8 Å². The zero-order valence-electron chi connectivity index (χ0n) is 9.29. The van der Waals surface area contributed by atoms with Crippen molar-refractivity contribution in [3.05, 3.63) is 16.6 Å². The number of rotatable bonds is 6. The van der Waals surface area contributed by atoms with Crippen molar-refractivity contribution in [1.29, 1.82) is 0 Å². The molecule has 1 aromatic heterocycles. The summed E-state index contributed by atoms with van der Waals surface area (Å²) in [4.78, 5) is 4.32. The molecule has 14 heavy (non-hydrogen) atoms. The van der Waals surface area contributed by atoms with Gasteiger partial charge in [-0.25, -0.2) is 4.98 Å². The molecule has 1 unspecified atom stereocenters. The highest BCUT2D eigenvalue weighted by Gasteiger charge is 2.09. The van der Waals surface area contributed by atoms with E-state index in [4.69, 9.17) is 0 Å². The highest BCUT2D eigenvalue weighted by atomic mass is 32.1. The summed E-state index contributed by atoms with van der Waals surface area (Å²) in [7, 11) is 0. The van der Waals surface area contributed by atoms with E-state index in [1.165, 1.54) is 17.8 Å². The minimum absolute atomic E-state index is 0.538. The van der Waals surface area contributed by atoms with Crippen LogP contribution in [0.15, 0.2) is 11.6 Å². The van der Waals surface area contributed by atoms with Gasteiger partial charge in [0.1, 0.15) is 0 Å². The molecule has 0 saturated heterocycles. The Balaban J connectivity index is 2.31. The first-order valence-corrected chi connectivity index (χ1v) is 6.28. The molecular formula is C11H20N2S. The summed E-state index contributed by atoms with van der Waals surface area (Å²) >= 11 is 1.75. The van der Waals surface area contributed by atoms with Crippen LogP contribution >= 0.6 is 11.3 Å². The van der Waals surface area contributed by atoms with E-state index >= 15 is 0 Å². The van der Waals surface area contributed by atoms with E-state index in [0.717, 1.165) is 6.54 Å². The van der Waals surface area contributed by atoms with Crippen molar-refractivity contribution < 1.29 is 0 Å². The van der Waals surface area contributed by atoms with Crippen molar-refractivity contribution in [3.63, 3.8) is 0 Å². The number of nitrogens with zero attached hydrogens (tertiary/aromatic N) is 1. The minimum Gasteiger partial charge on any atom is -0.313 e. The molecule has 0 radical (unpaired) electrons. The van der Waals surface area contributed by atoms with Gasteiger partial charge in [-0.2, -0.15) is 0 Å². The molecule has 2 nitrogen and oxygen atoms in total. The first kappa shape index (κ1) is 11.7. The second-order valence-corrected chi connectivity index (χ2v) is 4.62. The Morgan fingerprint density at radius 3 is 2.64 bits per heavy atom. The van der Waals surface area contributed by atoms with Crippen LogP contribution in [0, 0.1) is 0 Å². The van der Waals surface area contributed by atoms with Crippen molar-refractivity contribution in [2.75, 3.05) is 6.54 Å². The van der Waals surface area contributed by atoms with Gasteiger partial charge in [0.2, 0.25) is 0 Å². The van der Waals surface area contributed by atoms with Gasteiger partial charge in [0, 0.05) is 30.1 Å². The number of aromatic nitrogens is 1. The van der Waals surface area contributed by atoms with E-state index < -0.39 is 0 Å². The molecule has 80 valence electrons. The Kier molecular flexibility index (Phi) is 5.12. The normalized spacial score (nSPS) is 13.4. The molecule has 3 heteroatoms. The lowest BCUT2D eigenvalue weighted by Gasteiger charge is -2.17. The third-order valence-corrected chi connectivity index (χ3v) is 3.58. The molecule has 1 atom stereocenters. The summed E-state index contributed by atoms with van der Waals surface area (Å²) in [6, 6.07) is 0.664. The summed E-state index contributed by atoms with van der Waals surface area (Å²) < 4.78 is 0. The van der Waals surface area contributed by atoms with Gasteiger partial charge in [0.05, 0.1) is 5.01 Å². The predicted molar refractivity (Wildman–Crippen MR) is 62.9 cm³/mol. The zero-order chi connectivity index (χ0) is 10.4. The summed E-state index contributed by atoms with van der Waals surface area (Å²) in [6.45, 7) is 7.73. The molecule has 0 aromatic carbocycles. The average molecular weight is 212 g/mol.